The molecule has 0 radical (unpaired) electrons. The number of guanidine groups is 1. The van der Waals surface area contributed by atoms with Gasteiger partial charge in [-0.2, -0.15) is 0 Å². The van der Waals surface area contributed by atoms with Crippen LogP contribution in [0.25, 0.3) is 0 Å². The second-order valence-corrected chi connectivity index (χ2v) is 9.30. The van der Waals surface area contributed by atoms with E-state index in [-0.39, 0.29) is 11.5 Å². The Kier molecular flexibility index (Phi) is 8.56. The molecule has 1 aromatic heterocycles. The lowest BCUT2D eigenvalue weighted by Crippen LogP contribution is -2.44. The van der Waals surface area contributed by atoms with Gasteiger partial charge in [-0.15, -0.1) is 0 Å². The number of para-hydroxylation sites is 1. The first kappa shape index (κ1) is 24.1. The van der Waals surface area contributed by atoms with Gasteiger partial charge in [0.05, 0.1) is 19.3 Å². The summed E-state index contributed by atoms with van der Waals surface area (Å²) in [4.78, 5) is 11.7. The SMILES string of the molecule is CCNC(=NCc1ncc(C(C)(C)C)o1)NCC(c1ccccc1OC)N1CCCCC1. The molecule has 1 aliphatic heterocycles. The zero-order chi connectivity index (χ0) is 23.0. The average Bonchev–Trinajstić information content (AvgIpc) is 3.28. The van der Waals surface area contributed by atoms with Gasteiger partial charge in [0.2, 0.25) is 5.89 Å². The van der Waals surface area contributed by atoms with Crippen molar-refractivity contribution in [3.8, 4) is 5.75 Å². The number of aliphatic imine (C=N–C) groups is 1. The predicted molar refractivity (Wildman–Crippen MR) is 129 cm³/mol. The summed E-state index contributed by atoms with van der Waals surface area (Å²) < 4.78 is 11.6. The molecule has 1 aromatic carbocycles. The van der Waals surface area contributed by atoms with Gasteiger partial charge in [0, 0.05) is 24.1 Å². The molecule has 1 aliphatic rings. The minimum absolute atomic E-state index is 0.0614. The van der Waals surface area contributed by atoms with Gasteiger partial charge in [-0.05, 0) is 38.9 Å². The maximum atomic E-state index is 5.90. The third-order valence-corrected chi connectivity index (χ3v) is 5.80. The van der Waals surface area contributed by atoms with Gasteiger partial charge >= 0.3 is 0 Å². The first-order valence-electron chi connectivity index (χ1n) is 11.8. The van der Waals surface area contributed by atoms with Crippen LogP contribution in [-0.2, 0) is 12.0 Å². The van der Waals surface area contributed by atoms with Gasteiger partial charge < -0.3 is 19.8 Å². The Morgan fingerprint density at radius 1 is 1.19 bits per heavy atom. The highest BCUT2D eigenvalue weighted by Crippen LogP contribution is 2.31. The number of hydrogen-bond acceptors (Lipinski definition) is 5. The monoisotopic (exact) mass is 441 g/mol. The van der Waals surface area contributed by atoms with Crippen LogP contribution in [0.2, 0.25) is 0 Å². The largest absolute Gasteiger partial charge is 0.496 e. The van der Waals surface area contributed by atoms with Crippen LogP contribution in [0.4, 0.5) is 0 Å². The smallest absolute Gasteiger partial charge is 0.216 e. The van der Waals surface area contributed by atoms with E-state index in [9.17, 15) is 0 Å². The molecule has 32 heavy (non-hydrogen) atoms. The Morgan fingerprint density at radius 2 is 1.94 bits per heavy atom. The number of oxazole rings is 1. The average molecular weight is 442 g/mol. The van der Waals surface area contributed by atoms with E-state index in [2.05, 4.69) is 60.3 Å². The number of nitrogens with zero attached hydrogens (tertiary/aromatic N) is 3. The topological polar surface area (TPSA) is 74.9 Å². The second-order valence-electron chi connectivity index (χ2n) is 9.30. The molecule has 176 valence electrons. The Morgan fingerprint density at radius 3 is 2.59 bits per heavy atom. The van der Waals surface area contributed by atoms with E-state index in [4.69, 9.17) is 14.1 Å². The van der Waals surface area contributed by atoms with Crippen LogP contribution in [0.15, 0.2) is 39.9 Å². The normalized spacial score (nSPS) is 16.6. The molecule has 3 rings (SSSR count). The minimum atomic E-state index is -0.0614. The molecule has 1 fully saturated rings. The predicted octanol–water partition coefficient (Wildman–Crippen LogP) is 4.26. The summed E-state index contributed by atoms with van der Waals surface area (Å²) >= 11 is 0. The van der Waals surface area contributed by atoms with E-state index in [1.165, 1.54) is 24.8 Å². The zero-order valence-corrected chi connectivity index (χ0v) is 20.3. The van der Waals surface area contributed by atoms with Crippen LogP contribution >= 0.6 is 0 Å². The lowest BCUT2D eigenvalue weighted by Gasteiger charge is -2.35. The molecular formula is C25H39N5O2. The van der Waals surface area contributed by atoms with E-state index >= 15 is 0 Å². The van der Waals surface area contributed by atoms with Gasteiger partial charge in [-0.1, -0.05) is 45.4 Å². The maximum absolute atomic E-state index is 5.90. The Bertz CT molecular complexity index is 865. The van der Waals surface area contributed by atoms with Crippen molar-refractivity contribution in [2.24, 2.45) is 4.99 Å². The Hall–Kier alpha value is -2.54. The third kappa shape index (κ3) is 6.48. The van der Waals surface area contributed by atoms with Crippen molar-refractivity contribution in [3.63, 3.8) is 0 Å². The van der Waals surface area contributed by atoms with Crippen LogP contribution < -0.4 is 15.4 Å². The van der Waals surface area contributed by atoms with E-state index in [1.54, 1.807) is 13.3 Å². The summed E-state index contributed by atoms with van der Waals surface area (Å²) in [6.07, 6.45) is 5.58. The van der Waals surface area contributed by atoms with Crippen LogP contribution in [0, 0.1) is 0 Å². The van der Waals surface area contributed by atoms with Gasteiger partial charge in [0.1, 0.15) is 18.1 Å². The van der Waals surface area contributed by atoms with E-state index in [0.29, 0.717) is 12.4 Å². The fourth-order valence-corrected chi connectivity index (χ4v) is 4.02. The highest BCUT2D eigenvalue weighted by Gasteiger charge is 2.25. The highest BCUT2D eigenvalue weighted by atomic mass is 16.5. The van der Waals surface area contributed by atoms with Crippen LogP contribution in [0.3, 0.4) is 0 Å². The molecule has 1 unspecified atom stereocenters. The zero-order valence-electron chi connectivity index (χ0n) is 20.3. The summed E-state index contributed by atoms with van der Waals surface area (Å²) in [6.45, 7) is 12.5. The summed E-state index contributed by atoms with van der Waals surface area (Å²) in [5.41, 5.74) is 1.15. The van der Waals surface area contributed by atoms with E-state index in [1.807, 2.05) is 12.1 Å². The third-order valence-electron chi connectivity index (χ3n) is 5.80. The van der Waals surface area contributed by atoms with Gasteiger partial charge in [0.15, 0.2) is 5.96 Å². The molecule has 0 saturated carbocycles. The van der Waals surface area contributed by atoms with Crippen molar-refractivity contribution < 1.29 is 9.15 Å². The number of benzene rings is 1. The molecule has 2 heterocycles. The number of methoxy groups -OCH3 is 1. The highest BCUT2D eigenvalue weighted by molar-refractivity contribution is 5.79. The second kappa shape index (κ2) is 11.4. The lowest BCUT2D eigenvalue weighted by atomic mass is 9.94. The summed E-state index contributed by atoms with van der Waals surface area (Å²) in [5, 5.41) is 6.90. The Labute approximate surface area is 192 Å². The number of ether oxygens (including phenoxy) is 1. The molecule has 0 spiro atoms. The van der Waals surface area contributed by atoms with Crippen molar-refractivity contribution in [2.75, 3.05) is 33.3 Å². The van der Waals surface area contributed by atoms with Crippen molar-refractivity contribution in [3.05, 3.63) is 47.7 Å². The number of piperidine rings is 1. The number of likely N-dealkylation sites (tertiary alicyclic amines) is 1. The van der Waals surface area contributed by atoms with E-state index < -0.39 is 0 Å². The summed E-state index contributed by atoms with van der Waals surface area (Å²) in [6, 6.07) is 8.54. The molecule has 2 N–H and O–H groups in total. The number of rotatable bonds is 8. The van der Waals surface area contributed by atoms with Crippen molar-refractivity contribution >= 4 is 5.96 Å². The first-order chi connectivity index (χ1) is 15.4. The van der Waals surface area contributed by atoms with E-state index in [0.717, 1.165) is 43.6 Å². The standard InChI is InChI=1S/C25H39N5O2/c1-6-26-24(29-18-23-27-17-22(32-23)25(2,3)4)28-16-20(30-14-10-7-11-15-30)19-12-8-9-13-21(19)31-5/h8-9,12-13,17,20H,6-7,10-11,14-16,18H2,1-5H3,(H2,26,28,29). The molecule has 7 nitrogen and oxygen atoms in total. The van der Waals surface area contributed by atoms with Crippen molar-refractivity contribution in [1.82, 2.24) is 20.5 Å². The number of hydrogen-bond donors (Lipinski definition) is 2. The van der Waals surface area contributed by atoms with Crippen molar-refractivity contribution in [2.45, 2.75) is 65.0 Å². The quantitative estimate of drug-likeness (QED) is 0.471. The molecular weight excluding hydrogens is 402 g/mol. The Balaban J connectivity index is 1.74. The fraction of sp³-hybridized carbons (Fsp3) is 0.600. The van der Waals surface area contributed by atoms with Gasteiger partial charge in [0.25, 0.3) is 0 Å². The maximum Gasteiger partial charge on any atom is 0.216 e. The van der Waals surface area contributed by atoms with Crippen LogP contribution in [0.5, 0.6) is 5.75 Å². The molecule has 1 atom stereocenters. The van der Waals surface area contributed by atoms with Crippen LogP contribution in [0.1, 0.15) is 70.2 Å². The molecule has 2 aromatic rings. The molecule has 1 saturated heterocycles. The molecule has 7 heteroatoms. The molecule has 0 bridgehead atoms. The fourth-order valence-electron chi connectivity index (χ4n) is 4.02. The lowest BCUT2D eigenvalue weighted by molar-refractivity contribution is 0.161. The minimum Gasteiger partial charge on any atom is -0.496 e. The number of nitrogens with one attached hydrogen (secondary N) is 2. The molecule has 0 aliphatic carbocycles. The van der Waals surface area contributed by atoms with Gasteiger partial charge in [-0.25, -0.2) is 9.98 Å². The van der Waals surface area contributed by atoms with Gasteiger partial charge in [-0.3, -0.25) is 4.90 Å². The van der Waals surface area contributed by atoms with Crippen molar-refractivity contribution in [1.29, 1.82) is 0 Å². The summed E-state index contributed by atoms with van der Waals surface area (Å²) in [5.74, 6) is 3.20. The van der Waals surface area contributed by atoms with Crippen LogP contribution in [-0.4, -0.2) is 49.1 Å². The number of aromatic nitrogens is 1. The molecule has 0 amide bonds. The first-order valence-corrected chi connectivity index (χ1v) is 11.8. The summed E-state index contributed by atoms with van der Waals surface area (Å²) in [7, 11) is 1.74.